The van der Waals surface area contributed by atoms with E-state index in [1.54, 1.807) is 6.07 Å². The second-order valence-corrected chi connectivity index (χ2v) is 5.38. The Hall–Kier alpha value is -1.68. The molecule has 0 aliphatic rings. The maximum Gasteiger partial charge on any atom is 0.254 e. The van der Waals surface area contributed by atoms with E-state index in [1.807, 2.05) is 18.2 Å². The summed E-state index contributed by atoms with van der Waals surface area (Å²) in [7, 11) is 0. The fourth-order valence-corrected chi connectivity index (χ4v) is 2.24. The monoisotopic (exact) mass is 335 g/mol. The number of carbonyl (C=O) groups is 1. The molecule has 0 aliphatic carbocycles. The average molecular weight is 336 g/mol. The molecule has 0 spiro atoms. The van der Waals surface area contributed by atoms with E-state index in [-0.39, 0.29) is 11.5 Å². The molecule has 0 saturated carbocycles. The molecular formula is C16H15BrFNO. The first kappa shape index (κ1) is 14.7. The highest BCUT2D eigenvalue weighted by Gasteiger charge is 2.10. The van der Waals surface area contributed by atoms with Crippen molar-refractivity contribution in [1.29, 1.82) is 0 Å². The molecule has 20 heavy (non-hydrogen) atoms. The lowest BCUT2D eigenvalue weighted by atomic mass is 10.1. The molecule has 2 rings (SSSR count). The standard InChI is InChI=1S/C16H15BrFNO/c17-13-8-9-14(15(18)11-13)16(20)19-10-4-7-12-5-2-1-3-6-12/h1-3,5-6,8-9,11H,4,7,10H2,(H,19,20). The van der Waals surface area contributed by atoms with Gasteiger partial charge in [0.05, 0.1) is 5.56 Å². The zero-order valence-corrected chi connectivity index (χ0v) is 12.5. The number of benzene rings is 2. The van der Waals surface area contributed by atoms with E-state index in [9.17, 15) is 9.18 Å². The van der Waals surface area contributed by atoms with Gasteiger partial charge in [-0.15, -0.1) is 0 Å². The minimum absolute atomic E-state index is 0.0768. The summed E-state index contributed by atoms with van der Waals surface area (Å²) in [5.41, 5.74) is 1.31. The lowest BCUT2D eigenvalue weighted by Crippen LogP contribution is -2.25. The van der Waals surface area contributed by atoms with E-state index < -0.39 is 5.82 Å². The van der Waals surface area contributed by atoms with Gasteiger partial charge in [-0.05, 0) is 36.6 Å². The van der Waals surface area contributed by atoms with Crippen LogP contribution in [0, 0.1) is 5.82 Å². The molecule has 0 radical (unpaired) electrons. The van der Waals surface area contributed by atoms with Crippen LogP contribution in [0.15, 0.2) is 53.0 Å². The Labute approximate surface area is 126 Å². The van der Waals surface area contributed by atoms with E-state index in [4.69, 9.17) is 0 Å². The molecule has 1 N–H and O–H groups in total. The zero-order chi connectivity index (χ0) is 14.4. The maximum atomic E-state index is 13.6. The van der Waals surface area contributed by atoms with Crippen molar-refractivity contribution >= 4 is 21.8 Å². The molecule has 0 unspecified atom stereocenters. The highest BCUT2D eigenvalue weighted by atomic mass is 79.9. The number of rotatable bonds is 5. The molecule has 0 bridgehead atoms. The topological polar surface area (TPSA) is 29.1 Å². The molecule has 0 fully saturated rings. The lowest BCUT2D eigenvalue weighted by molar-refractivity contribution is 0.0949. The van der Waals surface area contributed by atoms with Crippen molar-refractivity contribution in [3.63, 3.8) is 0 Å². The van der Waals surface area contributed by atoms with E-state index in [2.05, 4.69) is 33.4 Å². The summed E-state index contributed by atoms with van der Waals surface area (Å²) in [5.74, 6) is -0.886. The Kier molecular flexibility index (Phi) is 5.30. The smallest absolute Gasteiger partial charge is 0.254 e. The number of amides is 1. The van der Waals surface area contributed by atoms with Crippen molar-refractivity contribution in [3.8, 4) is 0 Å². The highest BCUT2D eigenvalue weighted by molar-refractivity contribution is 9.10. The summed E-state index contributed by atoms with van der Waals surface area (Å²) < 4.78 is 14.2. The molecule has 4 heteroatoms. The average Bonchev–Trinajstić information content (AvgIpc) is 2.44. The van der Waals surface area contributed by atoms with Gasteiger partial charge >= 0.3 is 0 Å². The van der Waals surface area contributed by atoms with Crippen molar-refractivity contribution < 1.29 is 9.18 Å². The third-order valence-electron chi connectivity index (χ3n) is 2.95. The van der Waals surface area contributed by atoms with Gasteiger partial charge in [-0.25, -0.2) is 4.39 Å². The second-order valence-electron chi connectivity index (χ2n) is 4.47. The molecule has 0 aliphatic heterocycles. The first-order chi connectivity index (χ1) is 9.66. The van der Waals surface area contributed by atoms with Crippen LogP contribution >= 0.6 is 15.9 Å². The van der Waals surface area contributed by atoms with Crippen LogP contribution in [0.4, 0.5) is 4.39 Å². The number of halogens is 2. The minimum Gasteiger partial charge on any atom is -0.352 e. The van der Waals surface area contributed by atoms with Gasteiger partial charge in [-0.3, -0.25) is 4.79 Å². The fraction of sp³-hybridized carbons (Fsp3) is 0.188. The lowest BCUT2D eigenvalue weighted by Gasteiger charge is -2.06. The Bertz CT molecular complexity index is 586. The van der Waals surface area contributed by atoms with Gasteiger partial charge in [0.1, 0.15) is 5.82 Å². The largest absolute Gasteiger partial charge is 0.352 e. The number of nitrogens with one attached hydrogen (secondary N) is 1. The van der Waals surface area contributed by atoms with Gasteiger partial charge in [-0.2, -0.15) is 0 Å². The Morgan fingerprint density at radius 1 is 1.15 bits per heavy atom. The van der Waals surface area contributed by atoms with Crippen molar-refractivity contribution in [2.45, 2.75) is 12.8 Å². The number of hydrogen-bond acceptors (Lipinski definition) is 1. The van der Waals surface area contributed by atoms with Crippen LogP contribution in [-0.2, 0) is 6.42 Å². The molecule has 2 aromatic rings. The van der Waals surface area contributed by atoms with Gasteiger partial charge < -0.3 is 5.32 Å². The number of hydrogen-bond donors (Lipinski definition) is 1. The summed E-state index contributed by atoms with van der Waals surface area (Å²) in [6.07, 6.45) is 1.72. The summed E-state index contributed by atoms with van der Waals surface area (Å²) >= 11 is 3.16. The second kappa shape index (κ2) is 7.20. The minimum atomic E-state index is -0.514. The summed E-state index contributed by atoms with van der Waals surface area (Å²) in [6, 6.07) is 14.5. The van der Waals surface area contributed by atoms with Gasteiger partial charge in [0, 0.05) is 11.0 Å². The maximum absolute atomic E-state index is 13.6. The predicted octanol–water partition coefficient (Wildman–Crippen LogP) is 3.95. The van der Waals surface area contributed by atoms with Crippen LogP contribution in [0.1, 0.15) is 22.3 Å². The van der Waals surface area contributed by atoms with Gasteiger partial charge in [0.25, 0.3) is 5.91 Å². The molecule has 2 nitrogen and oxygen atoms in total. The summed E-state index contributed by atoms with van der Waals surface area (Å²) in [5, 5.41) is 2.74. The van der Waals surface area contributed by atoms with Crippen LogP contribution < -0.4 is 5.32 Å². The SMILES string of the molecule is O=C(NCCCc1ccccc1)c1ccc(Br)cc1F. The van der Waals surface area contributed by atoms with Crippen LogP contribution in [0.2, 0.25) is 0 Å². The normalized spacial score (nSPS) is 10.3. The molecular weight excluding hydrogens is 321 g/mol. The van der Waals surface area contributed by atoms with Gasteiger partial charge in [0.2, 0.25) is 0 Å². The molecule has 0 heterocycles. The van der Waals surface area contributed by atoms with Crippen LogP contribution in [0.25, 0.3) is 0 Å². The summed E-state index contributed by atoms with van der Waals surface area (Å²) in [4.78, 5) is 11.8. The van der Waals surface area contributed by atoms with Crippen molar-refractivity contribution in [2.24, 2.45) is 0 Å². The Morgan fingerprint density at radius 2 is 1.90 bits per heavy atom. The quantitative estimate of drug-likeness (QED) is 0.823. The van der Waals surface area contributed by atoms with Crippen molar-refractivity contribution in [3.05, 3.63) is 69.9 Å². The predicted molar refractivity (Wildman–Crippen MR) is 81.2 cm³/mol. The molecule has 1 amide bonds. The van der Waals surface area contributed by atoms with Crippen LogP contribution in [0.3, 0.4) is 0 Å². The van der Waals surface area contributed by atoms with Gasteiger partial charge in [-0.1, -0.05) is 46.3 Å². The fourth-order valence-electron chi connectivity index (χ4n) is 1.91. The highest BCUT2D eigenvalue weighted by Crippen LogP contribution is 2.15. The third-order valence-corrected chi connectivity index (χ3v) is 3.44. The van der Waals surface area contributed by atoms with Crippen LogP contribution in [-0.4, -0.2) is 12.5 Å². The van der Waals surface area contributed by atoms with Crippen molar-refractivity contribution in [2.75, 3.05) is 6.54 Å². The number of carbonyl (C=O) groups excluding carboxylic acids is 1. The Morgan fingerprint density at radius 3 is 2.60 bits per heavy atom. The Balaban J connectivity index is 1.80. The van der Waals surface area contributed by atoms with Crippen LogP contribution in [0.5, 0.6) is 0 Å². The van der Waals surface area contributed by atoms with E-state index in [1.165, 1.54) is 17.7 Å². The van der Waals surface area contributed by atoms with Gasteiger partial charge in [0.15, 0.2) is 0 Å². The molecule has 0 aromatic heterocycles. The zero-order valence-electron chi connectivity index (χ0n) is 10.9. The summed E-state index contributed by atoms with van der Waals surface area (Å²) in [6.45, 7) is 0.531. The van der Waals surface area contributed by atoms with E-state index >= 15 is 0 Å². The first-order valence-electron chi connectivity index (χ1n) is 6.44. The molecule has 104 valence electrons. The third kappa shape index (κ3) is 4.17. The van der Waals surface area contributed by atoms with Crippen molar-refractivity contribution in [1.82, 2.24) is 5.32 Å². The first-order valence-corrected chi connectivity index (χ1v) is 7.23. The molecule has 0 saturated heterocycles. The van der Waals surface area contributed by atoms with E-state index in [0.717, 1.165) is 12.8 Å². The molecule has 2 aromatic carbocycles. The number of aryl methyl sites for hydroxylation is 1. The van der Waals surface area contributed by atoms with E-state index in [0.29, 0.717) is 11.0 Å². The molecule has 0 atom stereocenters.